The lowest BCUT2D eigenvalue weighted by Gasteiger charge is -2.33. The maximum absolute atomic E-state index is 11.8. The van der Waals surface area contributed by atoms with Crippen LogP contribution in [0.5, 0.6) is 0 Å². The smallest absolute Gasteiger partial charge is 0.325 e. The van der Waals surface area contributed by atoms with Crippen molar-refractivity contribution in [3.63, 3.8) is 0 Å². The number of hydrogen-bond donors (Lipinski definition) is 0. The van der Waals surface area contributed by atoms with Crippen LogP contribution in [0.4, 0.5) is 0 Å². The molecular weight excluding hydrogens is 216 g/mol. The minimum absolute atomic E-state index is 0.198. The van der Waals surface area contributed by atoms with E-state index in [-0.39, 0.29) is 5.97 Å². The van der Waals surface area contributed by atoms with Crippen LogP contribution in [0.15, 0.2) is 24.5 Å². The van der Waals surface area contributed by atoms with Gasteiger partial charge in [-0.1, -0.05) is 0 Å². The lowest BCUT2D eigenvalue weighted by molar-refractivity contribution is -0.155. The average molecular weight is 236 g/mol. The van der Waals surface area contributed by atoms with Crippen molar-refractivity contribution in [1.82, 2.24) is 9.88 Å². The summed E-state index contributed by atoms with van der Waals surface area (Å²) in [7, 11) is 1.91. The van der Waals surface area contributed by atoms with Gasteiger partial charge in [0.25, 0.3) is 0 Å². The van der Waals surface area contributed by atoms with E-state index in [4.69, 9.17) is 4.74 Å². The van der Waals surface area contributed by atoms with Gasteiger partial charge in [-0.25, -0.2) is 0 Å². The Balaban J connectivity index is 2.69. The minimum Gasteiger partial charge on any atom is -0.465 e. The van der Waals surface area contributed by atoms with Crippen LogP contribution in [-0.4, -0.2) is 35.0 Å². The lowest BCUT2D eigenvalue weighted by Crippen LogP contribution is -2.48. The van der Waals surface area contributed by atoms with Crippen molar-refractivity contribution in [3.05, 3.63) is 30.1 Å². The number of ether oxygens (including phenoxy) is 1. The van der Waals surface area contributed by atoms with E-state index in [1.54, 1.807) is 12.4 Å². The fraction of sp³-hybridized carbons (Fsp3) is 0.538. The van der Waals surface area contributed by atoms with Gasteiger partial charge in [-0.2, -0.15) is 0 Å². The van der Waals surface area contributed by atoms with Crippen molar-refractivity contribution in [2.75, 3.05) is 13.7 Å². The Morgan fingerprint density at radius 2 is 2.00 bits per heavy atom. The highest BCUT2D eigenvalue weighted by molar-refractivity contribution is 5.79. The molecule has 0 unspecified atom stereocenters. The zero-order valence-electron chi connectivity index (χ0n) is 10.9. The Morgan fingerprint density at radius 1 is 1.41 bits per heavy atom. The van der Waals surface area contributed by atoms with E-state index in [0.717, 1.165) is 5.56 Å². The lowest BCUT2D eigenvalue weighted by atomic mass is 10.0. The van der Waals surface area contributed by atoms with Crippen LogP contribution < -0.4 is 0 Å². The van der Waals surface area contributed by atoms with E-state index in [0.29, 0.717) is 13.2 Å². The molecule has 0 aliphatic heterocycles. The largest absolute Gasteiger partial charge is 0.465 e. The first-order valence-electron chi connectivity index (χ1n) is 5.76. The predicted molar refractivity (Wildman–Crippen MR) is 66.4 cm³/mol. The molecule has 1 aromatic heterocycles. The van der Waals surface area contributed by atoms with Gasteiger partial charge in [0.1, 0.15) is 5.54 Å². The van der Waals surface area contributed by atoms with Gasteiger partial charge >= 0.3 is 5.97 Å². The molecule has 4 nitrogen and oxygen atoms in total. The Hall–Kier alpha value is -1.42. The van der Waals surface area contributed by atoms with E-state index in [2.05, 4.69) is 4.98 Å². The van der Waals surface area contributed by atoms with Crippen molar-refractivity contribution in [2.45, 2.75) is 32.9 Å². The number of carbonyl (C=O) groups is 1. The SMILES string of the molecule is CCOC(=O)C(C)(C)N(C)Cc1ccncc1. The third-order valence-electron chi connectivity index (χ3n) is 2.90. The molecule has 1 aromatic rings. The minimum atomic E-state index is -0.626. The number of rotatable bonds is 5. The molecule has 94 valence electrons. The summed E-state index contributed by atoms with van der Waals surface area (Å²) in [5, 5.41) is 0. The van der Waals surface area contributed by atoms with E-state index < -0.39 is 5.54 Å². The highest BCUT2D eigenvalue weighted by atomic mass is 16.5. The summed E-state index contributed by atoms with van der Waals surface area (Å²) >= 11 is 0. The van der Waals surface area contributed by atoms with Crippen LogP contribution in [0, 0.1) is 0 Å². The number of carbonyl (C=O) groups excluding carboxylic acids is 1. The molecule has 1 rings (SSSR count). The molecular formula is C13H20N2O2. The van der Waals surface area contributed by atoms with Crippen molar-refractivity contribution in [3.8, 4) is 0 Å². The normalized spacial score (nSPS) is 11.6. The molecule has 0 N–H and O–H groups in total. The predicted octanol–water partition coefficient (Wildman–Crippen LogP) is 1.86. The topological polar surface area (TPSA) is 42.4 Å². The van der Waals surface area contributed by atoms with Crippen molar-refractivity contribution < 1.29 is 9.53 Å². The highest BCUT2D eigenvalue weighted by Crippen LogP contribution is 2.17. The average Bonchev–Trinajstić information content (AvgIpc) is 2.30. The Labute approximate surface area is 103 Å². The fourth-order valence-corrected chi connectivity index (χ4v) is 1.42. The summed E-state index contributed by atoms with van der Waals surface area (Å²) in [6.45, 7) is 6.65. The van der Waals surface area contributed by atoms with Gasteiger partial charge in [0.05, 0.1) is 6.61 Å². The number of aromatic nitrogens is 1. The van der Waals surface area contributed by atoms with E-state index in [1.807, 2.05) is 44.9 Å². The van der Waals surface area contributed by atoms with Gasteiger partial charge < -0.3 is 4.74 Å². The summed E-state index contributed by atoms with van der Waals surface area (Å²) in [5.41, 5.74) is 0.499. The van der Waals surface area contributed by atoms with Crippen LogP contribution in [0.2, 0.25) is 0 Å². The standard InChI is InChI=1S/C13H20N2O2/c1-5-17-12(16)13(2,3)15(4)10-11-6-8-14-9-7-11/h6-9H,5,10H2,1-4H3. The van der Waals surface area contributed by atoms with Gasteiger partial charge in [-0.05, 0) is 45.5 Å². The molecule has 0 amide bonds. The van der Waals surface area contributed by atoms with E-state index in [1.165, 1.54) is 0 Å². The van der Waals surface area contributed by atoms with Crippen LogP contribution in [0.25, 0.3) is 0 Å². The Kier molecular flexibility index (Phi) is 4.63. The zero-order valence-corrected chi connectivity index (χ0v) is 10.9. The second-order valence-electron chi connectivity index (χ2n) is 4.49. The van der Waals surface area contributed by atoms with Crippen molar-refractivity contribution in [1.29, 1.82) is 0 Å². The molecule has 0 aromatic carbocycles. The van der Waals surface area contributed by atoms with E-state index >= 15 is 0 Å². The van der Waals surface area contributed by atoms with Gasteiger partial charge in [-0.3, -0.25) is 14.7 Å². The molecule has 1 heterocycles. The summed E-state index contributed by atoms with van der Waals surface area (Å²) in [6, 6.07) is 3.88. The molecule has 0 atom stereocenters. The maximum Gasteiger partial charge on any atom is 0.325 e. The molecule has 0 aliphatic rings. The van der Waals surface area contributed by atoms with Crippen LogP contribution in [0.3, 0.4) is 0 Å². The number of esters is 1. The third kappa shape index (κ3) is 3.53. The van der Waals surface area contributed by atoms with Gasteiger partial charge in [0.15, 0.2) is 0 Å². The van der Waals surface area contributed by atoms with Crippen molar-refractivity contribution >= 4 is 5.97 Å². The first-order chi connectivity index (χ1) is 7.98. The maximum atomic E-state index is 11.8. The summed E-state index contributed by atoms with van der Waals surface area (Å²) in [6.07, 6.45) is 3.50. The van der Waals surface area contributed by atoms with Crippen LogP contribution in [-0.2, 0) is 16.1 Å². The highest BCUT2D eigenvalue weighted by Gasteiger charge is 2.33. The first-order valence-corrected chi connectivity index (χ1v) is 5.76. The van der Waals surface area contributed by atoms with Gasteiger partial charge in [-0.15, -0.1) is 0 Å². The number of hydrogen-bond acceptors (Lipinski definition) is 4. The van der Waals surface area contributed by atoms with Gasteiger partial charge in [0.2, 0.25) is 0 Å². The zero-order chi connectivity index (χ0) is 12.9. The summed E-state index contributed by atoms with van der Waals surface area (Å²) < 4.78 is 5.07. The quantitative estimate of drug-likeness (QED) is 0.732. The molecule has 0 spiro atoms. The molecule has 0 aliphatic carbocycles. The van der Waals surface area contributed by atoms with Crippen LogP contribution >= 0.6 is 0 Å². The molecule has 0 saturated carbocycles. The molecule has 0 radical (unpaired) electrons. The summed E-state index contributed by atoms with van der Waals surface area (Å²) in [5.74, 6) is -0.198. The van der Waals surface area contributed by atoms with Gasteiger partial charge in [0, 0.05) is 18.9 Å². The van der Waals surface area contributed by atoms with Crippen molar-refractivity contribution in [2.24, 2.45) is 0 Å². The number of nitrogens with zero attached hydrogens (tertiary/aromatic N) is 2. The molecule has 0 bridgehead atoms. The first kappa shape index (κ1) is 13.6. The Morgan fingerprint density at radius 3 is 2.53 bits per heavy atom. The summed E-state index contributed by atoms with van der Waals surface area (Å²) in [4.78, 5) is 17.8. The number of likely N-dealkylation sites (N-methyl/N-ethyl adjacent to an activating group) is 1. The third-order valence-corrected chi connectivity index (χ3v) is 2.90. The molecule has 17 heavy (non-hydrogen) atoms. The molecule has 0 saturated heterocycles. The van der Waals surface area contributed by atoms with E-state index in [9.17, 15) is 4.79 Å². The molecule has 4 heteroatoms. The number of pyridine rings is 1. The fourth-order valence-electron chi connectivity index (χ4n) is 1.42. The second-order valence-corrected chi connectivity index (χ2v) is 4.49. The van der Waals surface area contributed by atoms with Crippen LogP contribution in [0.1, 0.15) is 26.3 Å². The molecule has 0 fully saturated rings. The second kappa shape index (κ2) is 5.77. The monoisotopic (exact) mass is 236 g/mol. The Bertz CT molecular complexity index is 363.